The van der Waals surface area contributed by atoms with Crippen molar-refractivity contribution < 1.29 is 0 Å². The van der Waals surface area contributed by atoms with Crippen molar-refractivity contribution in [3.05, 3.63) is 29.8 Å². The third-order valence-corrected chi connectivity index (χ3v) is 4.25. The highest BCUT2D eigenvalue weighted by atomic mass is 15.2. The van der Waals surface area contributed by atoms with Gasteiger partial charge in [-0.25, -0.2) is 0 Å². The van der Waals surface area contributed by atoms with Crippen molar-refractivity contribution in [3.63, 3.8) is 0 Å². The van der Waals surface area contributed by atoms with E-state index in [0.717, 1.165) is 6.54 Å². The van der Waals surface area contributed by atoms with Crippen LogP contribution in [0.3, 0.4) is 0 Å². The van der Waals surface area contributed by atoms with Gasteiger partial charge in [0, 0.05) is 30.7 Å². The molecule has 2 aliphatic rings. The quantitative estimate of drug-likeness (QED) is 0.816. The molecule has 18 heavy (non-hydrogen) atoms. The molecule has 1 spiro atoms. The first-order valence-corrected chi connectivity index (χ1v) is 7.04. The van der Waals surface area contributed by atoms with Crippen LogP contribution in [0.4, 0.5) is 5.69 Å². The van der Waals surface area contributed by atoms with Gasteiger partial charge in [-0.15, -0.1) is 0 Å². The lowest BCUT2D eigenvalue weighted by Crippen LogP contribution is -2.36. The Morgan fingerprint density at radius 1 is 1.28 bits per heavy atom. The lowest BCUT2D eigenvalue weighted by Gasteiger charge is -2.28. The topological polar surface area (TPSA) is 15.3 Å². The highest BCUT2D eigenvalue weighted by Gasteiger charge is 2.44. The van der Waals surface area contributed by atoms with E-state index in [4.69, 9.17) is 0 Å². The van der Waals surface area contributed by atoms with Gasteiger partial charge in [0.25, 0.3) is 0 Å². The molecule has 0 radical (unpaired) electrons. The Kier molecular flexibility index (Phi) is 2.67. The van der Waals surface area contributed by atoms with Gasteiger partial charge >= 0.3 is 0 Å². The zero-order chi connectivity index (χ0) is 12.8. The van der Waals surface area contributed by atoms with Crippen molar-refractivity contribution in [2.75, 3.05) is 31.5 Å². The van der Waals surface area contributed by atoms with E-state index in [1.807, 2.05) is 0 Å². The Balaban J connectivity index is 1.80. The summed E-state index contributed by atoms with van der Waals surface area (Å²) in [5.41, 5.74) is 3.68. The summed E-state index contributed by atoms with van der Waals surface area (Å²) < 4.78 is 0. The molecule has 1 saturated heterocycles. The molecule has 2 aliphatic heterocycles. The molecule has 1 unspecified atom stereocenters. The first-order valence-electron chi connectivity index (χ1n) is 7.04. The van der Waals surface area contributed by atoms with Crippen molar-refractivity contribution in [3.8, 4) is 0 Å². The first kappa shape index (κ1) is 12.0. The van der Waals surface area contributed by atoms with Crippen LogP contribution in [0.5, 0.6) is 0 Å². The van der Waals surface area contributed by atoms with Crippen molar-refractivity contribution in [2.45, 2.75) is 32.6 Å². The smallest absolute Gasteiger partial charge is 0.0379 e. The minimum absolute atomic E-state index is 0.377. The van der Waals surface area contributed by atoms with Gasteiger partial charge in [0.15, 0.2) is 0 Å². The van der Waals surface area contributed by atoms with Crippen molar-refractivity contribution in [1.29, 1.82) is 0 Å². The number of anilines is 1. The second-order valence-corrected chi connectivity index (χ2v) is 7.20. The standard InChI is InChI=1S/C16H24N2/c1-15(2,3)11-18-9-8-16(12-18)10-17-14-7-5-4-6-13(14)16/h4-7,17H,8-12H2,1-3H3. The van der Waals surface area contributed by atoms with E-state index in [1.54, 1.807) is 5.56 Å². The predicted molar refractivity (Wildman–Crippen MR) is 77.1 cm³/mol. The summed E-state index contributed by atoms with van der Waals surface area (Å²) in [4.78, 5) is 2.64. The second-order valence-electron chi connectivity index (χ2n) is 7.20. The Labute approximate surface area is 110 Å². The normalized spacial score (nSPS) is 27.5. The summed E-state index contributed by atoms with van der Waals surface area (Å²) >= 11 is 0. The zero-order valence-corrected chi connectivity index (χ0v) is 11.8. The Morgan fingerprint density at radius 2 is 2.06 bits per heavy atom. The van der Waals surface area contributed by atoms with Crippen LogP contribution in [0.1, 0.15) is 32.8 Å². The molecule has 1 aromatic rings. The van der Waals surface area contributed by atoms with Crippen LogP contribution in [-0.2, 0) is 5.41 Å². The molecule has 1 N–H and O–H groups in total. The van der Waals surface area contributed by atoms with Crippen molar-refractivity contribution in [1.82, 2.24) is 4.90 Å². The van der Waals surface area contributed by atoms with Gasteiger partial charge in [0.2, 0.25) is 0 Å². The molecular weight excluding hydrogens is 220 g/mol. The molecule has 3 rings (SSSR count). The van der Waals surface area contributed by atoms with Gasteiger partial charge in [-0.2, -0.15) is 0 Å². The summed E-state index contributed by atoms with van der Waals surface area (Å²) in [6.45, 7) is 11.8. The molecule has 98 valence electrons. The molecule has 1 fully saturated rings. The number of fused-ring (bicyclic) bond motifs is 2. The van der Waals surface area contributed by atoms with Crippen LogP contribution in [0.15, 0.2) is 24.3 Å². The minimum Gasteiger partial charge on any atom is -0.384 e. The van der Waals surface area contributed by atoms with E-state index in [-0.39, 0.29) is 0 Å². The molecule has 1 aromatic carbocycles. The fourth-order valence-corrected chi connectivity index (χ4v) is 3.59. The molecule has 0 amide bonds. The average molecular weight is 244 g/mol. The Bertz CT molecular complexity index is 447. The second kappa shape index (κ2) is 3.99. The van der Waals surface area contributed by atoms with Gasteiger partial charge in [-0.05, 0) is 30.0 Å². The molecule has 0 aliphatic carbocycles. The van der Waals surface area contributed by atoms with Crippen LogP contribution >= 0.6 is 0 Å². The van der Waals surface area contributed by atoms with E-state index in [0.29, 0.717) is 10.8 Å². The largest absolute Gasteiger partial charge is 0.384 e. The van der Waals surface area contributed by atoms with Gasteiger partial charge < -0.3 is 10.2 Å². The number of nitrogens with zero attached hydrogens (tertiary/aromatic N) is 1. The fraction of sp³-hybridized carbons (Fsp3) is 0.625. The maximum absolute atomic E-state index is 3.59. The summed E-state index contributed by atoms with van der Waals surface area (Å²) in [5.74, 6) is 0. The fourth-order valence-electron chi connectivity index (χ4n) is 3.59. The average Bonchev–Trinajstić information content (AvgIpc) is 2.84. The van der Waals surface area contributed by atoms with Gasteiger partial charge in [-0.3, -0.25) is 0 Å². The van der Waals surface area contributed by atoms with E-state index in [9.17, 15) is 0 Å². The van der Waals surface area contributed by atoms with E-state index in [1.165, 1.54) is 31.7 Å². The van der Waals surface area contributed by atoms with Gasteiger partial charge in [0.05, 0.1) is 0 Å². The summed E-state index contributed by atoms with van der Waals surface area (Å²) in [6, 6.07) is 8.85. The van der Waals surface area contributed by atoms with Crippen LogP contribution in [0, 0.1) is 5.41 Å². The molecule has 0 bridgehead atoms. The lowest BCUT2D eigenvalue weighted by molar-refractivity contribution is 0.218. The predicted octanol–water partition coefficient (Wildman–Crippen LogP) is 3.10. The van der Waals surface area contributed by atoms with Crippen molar-refractivity contribution in [2.24, 2.45) is 5.41 Å². The molecule has 2 heteroatoms. The number of nitrogens with one attached hydrogen (secondary N) is 1. The maximum Gasteiger partial charge on any atom is 0.0379 e. The molecule has 0 aromatic heterocycles. The van der Waals surface area contributed by atoms with Gasteiger partial charge in [-0.1, -0.05) is 39.0 Å². The summed E-state index contributed by atoms with van der Waals surface area (Å²) in [6.07, 6.45) is 1.30. The van der Waals surface area contributed by atoms with Crippen LogP contribution in [-0.4, -0.2) is 31.1 Å². The Morgan fingerprint density at radius 3 is 2.83 bits per heavy atom. The third kappa shape index (κ3) is 2.03. The monoisotopic (exact) mass is 244 g/mol. The highest BCUT2D eigenvalue weighted by Crippen LogP contribution is 2.43. The maximum atomic E-state index is 3.59. The zero-order valence-electron chi connectivity index (χ0n) is 11.8. The minimum atomic E-state index is 0.377. The SMILES string of the molecule is CC(C)(C)CN1CCC2(CNc3ccccc32)C1. The molecule has 1 atom stereocenters. The van der Waals surface area contributed by atoms with Crippen LogP contribution in [0.2, 0.25) is 0 Å². The number of likely N-dealkylation sites (tertiary alicyclic amines) is 1. The third-order valence-electron chi connectivity index (χ3n) is 4.25. The summed E-state index contributed by atoms with van der Waals surface area (Å²) in [7, 11) is 0. The number of para-hydroxylation sites is 1. The molecule has 2 nitrogen and oxygen atoms in total. The molecule has 0 saturated carbocycles. The number of benzene rings is 1. The van der Waals surface area contributed by atoms with Crippen LogP contribution < -0.4 is 5.32 Å². The van der Waals surface area contributed by atoms with E-state index < -0.39 is 0 Å². The number of hydrogen-bond donors (Lipinski definition) is 1. The van der Waals surface area contributed by atoms with Crippen LogP contribution in [0.25, 0.3) is 0 Å². The van der Waals surface area contributed by atoms with E-state index in [2.05, 4.69) is 55.3 Å². The van der Waals surface area contributed by atoms with E-state index >= 15 is 0 Å². The number of rotatable bonds is 1. The van der Waals surface area contributed by atoms with Crippen molar-refractivity contribution >= 4 is 5.69 Å². The number of hydrogen-bond acceptors (Lipinski definition) is 2. The molecule has 2 heterocycles. The van der Waals surface area contributed by atoms with Gasteiger partial charge in [0.1, 0.15) is 0 Å². The Hall–Kier alpha value is -1.02. The lowest BCUT2D eigenvalue weighted by atomic mass is 9.81. The molecular formula is C16H24N2. The highest BCUT2D eigenvalue weighted by molar-refractivity contribution is 5.60. The first-order chi connectivity index (χ1) is 8.49. The summed E-state index contributed by atoms with van der Waals surface area (Å²) in [5, 5.41) is 3.59.